The molecule has 116 valence electrons. The van der Waals surface area contributed by atoms with Gasteiger partial charge in [-0.3, -0.25) is 4.79 Å². The van der Waals surface area contributed by atoms with E-state index >= 15 is 0 Å². The average molecular weight is 336 g/mol. The third-order valence-electron chi connectivity index (χ3n) is 3.90. The van der Waals surface area contributed by atoms with Crippen molar-refractivity contribution in [2.24, 2.45) is 0 Å². The summed E-state index contributed by atoms with van der Waals surface area (Å²) in [7, 11) is 0. The van der Waals surface area contributed by atoms with Crippen molar-refractivity contribution in [3.8, 4) is 10.4 Å². The summed E-state index contributed by atoms with van der Waals surface area (Å²) in [6, 6.07) is 9.61. The van der Waals surface area contributed by atoms with Crippen LogP contribution in [-0.2, 0) is 0 Å². The standard InChI is InChI=1S/C17H18ClNO2S/c1-11-8-15(17(21)19-7-3-6-14(20)10-19)22-16(11)12-4-2-5-13(18)9-12/h2,4-5,8-9,14,20H,3,6-7,10H2,1H3. The Labute approximate surface area is 139 Å². The maximum Gasteiger partial charge on any atom is 0.264 e. The molecule has 22 heavy (non-hydrogen) atoms. The molecule has 2 heterocycles. The van der Waals surface area contributed by atoms with Gasteiger partial charge in [0.2, 0.25) is 0 Å². The van der Waals surface area contributed by atoms with E-state index in [-0.39, 0.29) is 5.91 Å². The molecule has 3 rings (SSSR count). The summed E-state index contributed by atoms with van der Waals surface area (Å²) in [5.41, 5.74) is 2.11. The molecule has 1 amide bonds. The number of hydrogen-bond acceptors (Lipinski definition) is 3. The van der Waals surface area contributed by atoms with Gasteiger partial charge >= 0.3 is 0 Å². The zero-order valence-electron chi connectivity index (χ0n) is 12.4. The first-order chi connectivity index (χ1) is 10.5. The summed E-state index contributed by atoms with van der Waals surface area (Å²) in [6.07, 6.45) is 1.24. The predicted molar refractivity (Wildman–Crippen MR) is 90.6 cm³/mol. The van der Waals surface area contributed by atoms with Crippen molar-refractivity contribution in [3.05, 3.63) is 45.8 Å². The van der Waals surface area contributed by atoms with Crippen LogP contribution in [0.4, 0.5) is 0 Å². The fraction of sp³-hybridized carbons (Fsp3) is 0.353. The second kappa shape index (κ2) is 6.41. The number of piperidine rings is 1. The number of aliphatic hydroxyl groups is 1. The van der Waals surface area contributed by atoms with Gasteiger partial charge in [0.1, 0.15) is 0 Å². The largest absolute Gasteiger partial charge is 0.391 e. The van der Waals surface area contributed by atoms with E-state index in [0.717, 1.165) is 40.3 Å². The van der Waals surface area contributed by atoms with Crippen LogP contribution in [0.2, 0.25) is 5.02 Å². The van der Waals surface area contributed by atoms with Gasteiger partial charge in [-0.1, -0.05) is 23.7 Å². The van der Waals surface area contributed by atoms with E-state index in [4.69, 9.17) is 11.6 Å². The Morgan fingerprint density at radius 2 is 2.23 bits per heavy atom. The maximum absolute atomic E-state index is 12.6. The number of amides is 1. The van der Waals surface area contributed by atoms with Crippen LogP contribution in [0.25, 0.3) is 10.4 Å². The Morgan fingerprint density at radius 3 is 2.95 bits per heavy atom. The van der Waals surface area contributed by atoms with E-state index in [0.29, 0.717) is 11.6 Å². The third kappa shape index (κ3) is 3.19. The van der Waals surface area contributed by atoms with Crippen LogP contribution in [0.5, 0.6) is 0 Å². The lowest BCUT2D eigenvalue weighted by molar-refractivity contribution is 0.0477. The van der Waals surface area contributed by atoms with Gasteiger partial charge in [0, 0.05) is 23.0 Å². The van der Waals surface area contributed by atoms with Crippen LogP contribution in [0.3, 0.4) is 0 Å². The Hall–Kier alpha value is -1.36. The van der Waals surface area contributed by atoms with E-state index in [1.54, 1.807) is 4.90 Å². The van der Waals surface area contributed by atoms with Crippen LogP contribution in [0.1, 0.15) is 28.1 Å². The van der Waals surface area contributed by atoms with Gasteiger partial charge in [0.15, 0.2) is 0 Å². The first-order valence-electron chi connectivity index (χ1n) is 7.38. The average Bonchev–Trinajstić information content (AvgIpc) is 2.88. The monoisotopic (exact) mass is 335 g/mol. The van der Waals surface area contributed by atoms with Gasteiger partial charge in [-0.05, 0) is 49.1 Å². The number of carbonyl (C=O) groups excluding carboxylic acids is 1. The van der Waals surface area contributed by atoms with Gasteiger partial charge in [0.05, 0.1) is 11.0 Å². The molecule has 0 bridgehead atoms. The van der Waals surface area contributed by atoms with Gasteiger partial charge < -0.3 is 10.0 Å². The molecule has 0 radical (unpaired) electrons. The molecule has 0 spiro atoms. The number of nitrogens with zero attached hydrogens (tertiary/aromatic N) is 1. The summed E-state index contributed by atoms with van der Waals surface area (Å²) in [5, 5.41) is 10.4. The highest BCUT2D eigenvalue weighted by atomic mass is 35.5. The van der Waals surface area contributed by atoms with Crippen molar-refractivity contribution in [1.29, 1.82) is 0 Å². The minimum atomic E-state index is -0.397. The lowest BCUT2D eigenvalue weighted by atomic mass is 10.1. The lowest BCUT2D eigenvalue weighted by Gasteiger charge is -2.29. The Morgan fingerprint density at radius 1 is 1.41 bits per heavy atom. The minimum absolute atomic E-state index is 0.0140. The Kier molecular flexibility index (Phi) is 4.52. The van der Waals surface area contributed by atoms with Gasteiger partial charge in [-0.15, -0.1) is 11.3 Å². The molecule has 5 heteroatoms. The summed E-state index contributed by atoms with van der Waals surface area (Å²) >= 11 is 7.55. The number of thiophene rings is 1. The zero-order valence-corrected chi connectivity index (χ0v) is 14.0. The number of carbonyl (C=O) groups is 1. The number of likely N-dealkylation sites (tertiary alicyclic amines) is 1. The lowest BCUT2D eigenvalue weighted by Crippen LogP contribution is -2.41. The SMILES string of the molecule is Cc1cc(C(=O)N2CCCC(O)C2)sc1-c1cccc(Cl)c1. The van der Waals surface area contributed by atoms with E-state index < -0.39 is 6.10 Å². The van der Waals surface area contributed by atoms with Crippen molar-refractivity contribution in [2.45, 2.75) is 25.9 Å². The quantitative estimate of drug-likeness (QED) is 0.902. The fourth-order valence-corrected chi connectivity index (χ4v) is 4.13. The molecule has 1 aliphatic heterocycles. The van der Waals surface area contributed by atoms with Crippen molar-refractivity contribution < 1.29 is 9.90 Å². The Bertz CT molecular complexity index is 698. The normalized spacial score (nSPS) is 18.5. The highest BCUT2D eigenvalue weighted by Crippen LogP contribution is 2.34. The number of β-amino-alcohol motifs (C(OH)–C–C–N with tert-alkyl or cyclic N) is 1. The molecule has 1 aliphatic rings. The summed E-state index contributed by atoms with van der Waals surface area (Å²) in [5.74, 6) is 0.0140. The van der Waals surface area contributed by atoms with Crippen molar-refractivity contribution in [2.75, 3.05) is 13.1 Å². The molecule has 1 unspecified atom stereocenters. The number of halogens is 1. The van der Waals surface area contributed by atoms with Crippen LogP contribution >= 0.6 is 22.9 Å². The molecule has 1 fully saturated rings. The highest BCUT2D eigenvalue weighted by molar-refractivity contribution is 7.17. The van der Waals surface area contributed by atoms with Crippen molar-refractivity contribution in [3.63, 3.8) is 0 Å². The molecule has 1 saturated heterocycles. The molecule has 2 aromatic rings. The second-order valence-corrected chi connectivity index (χ2v) is 7.17. The molecular formula is C17H18ClNO2S. The van der Waals surface area contributed by atoms with E-state index in [2.05, 4.69) is 0 Å². The summed E-state index contributed by atoms with van der Waals surface area (Å²) in [4.78, 5) is 16.2. The smallest absolute Gasteiger partial charge is 0.264 e. The van der Waals surface area contributed by atoms with Crippen molar-refractivity contribution >= 4 is 28.8 Å². The van der Waals surface area contributed by atoms with Gasteiger partial charge in [-0.25, -0.2) is 0 Å². The topological polar surface area (TPSA) is 40.5 Å². The number of rotatable bonds is 2. The van der Waals surface area contributed by atoms with Crippen LogP contribution in [-0.4, -0.2) is 35.1 Å². The summed E-state index contributed by atoms with van der Waals surface area (Å²) in [6.45, 7) is 3.16. The van der Waals surface area contributed by atoms with Crippen molar-refractivity contribution in [1.82, 2.24) is 4.90 Å². The van der Waals surface area contributed by atoms with Crippen LogP contribution < -0.4 is 0 Å². The number of hydrogen-bond donors (Lipinski definition) is 1. The predicted octanol–water partition coefficient (Wildman–Crippen LogP) is 3.97. The molecule has 0 saturated carbocycles. The van der Waals surface area contributed by atoms with E-state index in [1.165, 1.54) is 11.3 Å². The van der Waals surface area contributed by atoms with Gasteiger partial charge in [0.25, 0.3) is 5.91 Å². The number of aryl methyl sites for hydroxylation is 1. The molecule has 1 atom stereocenters. The minimum Gasteiger partial charge on any atom is -0.391 e. The second-order valence-electron chi connectivity index (χ2n) is 5.68. The van der Waals surface area contributed by atoms with Crippen LogP contribution in [0.15, 0.2) is 30.3 Å². The highest BCUT2D eigenvalue weighted by Gasteiger charge is 2.25. The first kappa shape index (κ1) is 15.5. The number of benzene rings is 1. The number of aliphatic hydroxyl groups excluding tert-OH is 1. The van der Waals surface area contributed by atoms with Crippen LogP contribution in [0, 0.1) is 6.92 Å². The first-order valence-corrected chi connectivity index (χ1v) is 8.58. The zero-order chi connectivity index (χ0) is 15.7. The van der Waals surface area contributed by atoms with E-state index in [1.807, 2.05) is 37.3 Å². The molecule has 1 N–H and O–H groups in total. The van der Waals surface area contributed by atoms with Gasteiger partial charge in [-0.2, -0.15) is 0 Å². The maximum atomic E-state index is 12.6. The molecular weight excluding hydrogens is 318 g/mol. The molecule has 1 aromatic carbocycles. The summed E-state index contributed by atoms with van der Waals surface area (Å²) < 4.78 is 0. The fourth-order valence-electron chi connectivity index (χ4n) is 2.80. The molecule has 0 aliphatic carbocycles. The molecule has 3 nitrogen and oxygen atoms in total. The van der Waals surface area contributed by atoms with E-state index in [9.17, 15) is 9.90 Å². The molecule has 1 aromatic heterocycles. The third-order valence-corrected chi connectivity index (χ3v) is 5.41. The Balaban J connectivity index is 1.87.